The summed E-state index contributed by atoms with van der Waals surface area (Å²) in [7, 11) is 0. The maximum absolute atomic E-state index is 6.09. The van der Waals surface area contributed by atoms with Gasteiger partial charge in [0.2, 0.25) is 0 Å². The van der Waals surface area contributed by atoms with Crippen LogP contribution in [0.15, 0.2) is 18.2 Å². The highest BCUT2D eigenvalue weighted by Gasteiger charge is 2.40. The van der Waals surface area contributed by atoms with Crippen LogP contribution < -0.4 is 5.32 Å². The molecule has 1 fully saturated rings. The van der Waals surface area contributed by atoms with Crippen LogP contribution in [0.25, 0.3) is 0 Å². The molecule has 1 aromatic carbocycles. The fourth-order valence-corrected chi connectivity index (χ4v) is 2.75. The first kappa shape index (κ1) is 11.3. The summed E-state index contributed by atoms with van der Waals surface area (Å²) in [4.78, 5) is 0. The number of benzene rings is 1. The summed E-state index contributed by atoms with van der Waals surface area (Å²) in [6.45, 7) is 2.31. The molecule has 0 saturated carbocycles. The van der Waals surface area contributed by atoms with Gasteiger partial charge in [0.15, 0.2) is 5.79 Å². The lowest BCUT2D eigenvalue weighted by atomic mass is 9.96. The molecule has 2 heterocycles. The van der Waals surface area contributed by atoms with Gasteiger partial charge in [-0.05, 0) is 31.0 Å². The molecule has 92 valence electrons. The molecule has 17 heavy (non-hydrogen) atoms. The van der Waals surface area contributed by atoms with E-state index in [9.17, 15) is 0 Å². The topological polar surface area (TPSA) is 30.5 Å². The largest absolute Gasteiger partial charge is 0.385 e. The molecular formula is C13H16ClNO2. The van der Waals surface area contributed by atoms with Gasteiger partial charge in [-0.3, -0.25) is 0 Å². The molecule has 1 aromatic rings. The Bertz CT molecular complexity index is 416. The third-order valence-electron chi connectivity index (χ3n) is 3.39. The molecule has 2 aliphatic heterocycles. The summed E-state index contributed by atoms with van der Waals surface area (Å²) in [6.07, 6.45) is 3.14. The van der Waals surface area contributed by atoms with Gasteiger partial charge in [-0.1, -0.05) is 11.6 Å². The monoisotopic (exact) mass is 253 g/mol. The Morgan fingerprint density at radius 2 is 2.00 bits per heavy atom. The fourth-order valence-electron chi connectivity index (χ4n) is 2.58. The van der Waals surface area contributed by atoms with Gasteiger partial charge in [0.1, 0.15) is 0 Å². The van der Waals surface area contributed by atoms with Gasteiger partial charge in [0.25, 0.3) is 0 Å². The summed E-state index contributed by atoms with van der Waals surface area (Å²) in [5, 5.41) is 4.15. The van der Waals surface area contributed by atoms with Gasteiger partial charge >= 0.3 is 0 Å². The second-order valence-electron chi connectivity index (χ2n) is 4.52. The Morgan fingerprint density at radius 3 is 2.82 bits per heavy atom. The summed E-state index contributed by atoms with van der Waals surface area (Å²) in [6, 6.07) is 5.87. The van der Waals surface area contributed by atoms with Gasteiger partial charge in [0, 0.05) is 29.2 Å². The highest BCUT2D eigenvalue weighted by molar-refractivity contribution is 6.30. The van der Waals surface area contributed by atoms with Crippen LogP contribution >= 0.6 is 11.6 Å². The number of fused-ring (bicyclic) bond motifs is 2. The van der Waals surface area contributed by atoms with Gasteiger partial charge in [-0.15, -0.1) is 0 Å². The number of hydrogen-bond donors (Lipinski definition) is 1. The van der Waals surface area contributed by atoms with Crippen LogP contribution in [-0.2, 0) is 15.3 Å². The van der Waals surface area contributed by atoms with Crippen molar-refractivity contribution in [3.05, 3.63) is 28.8 Å². The summed E-state index contributed by atoms with van der Waals surface area (Å²) in [5.74, 6) is -0.576. The van der Waals surface area contributed by atoms with E-state index in [1.807, 2.05) is 18.2 Å². The van der Waals surface area contributed by atoms with E-state index >= 15 is 0 Å². The predicted molar refractivity (Wildman–Crippen MR) is 67.4 cm³/mol. The fraction of sp³-hybridized carbons (Fsp3) is 0.538. The summed E-state index contributed by atoms with van der Waals surface area (Å²) in [5.41, 5.74) is 2.12. The van der Waals surface area contributed by atoms with Crippen molar-refractivity contribution in [3.63, 3.8) is 0 Å². The number of hydrogen-bond acceptors (Lipinski definition) is 3. The Kier molecular flexibility index (Phi) is 2.99. The lowest BCUT2D eigenvalue weighted by Crippen LogP contribution is -2.30. The third-order valence-corrected chi connectivity index (χ3v) is 3.63. The smallest absolute Gasteiger partial charge is 0.197 e. The average Bonchev–Trinajstić information content (AvgIpc) is 2.78. The average molecular weight is 254 g/mol. The predicted octanol–water partition coefficient (Wildman–Crippen LogP) is 3.14. The molecule has 4 heteroatoms. The zero-order valence-electron chi connectivity index (χ0n) is 9.67. The third kappa shape index (κ3) is 2.03. The number of anilines is 1. The van der Waals surface area contributed by atoms with Crippen LogP contribution in [0.2, 0.25) is 5.02 Å². The molecule has 3 rings (SSSR count). The highest BCUT2D eigenvalue weighted by atomic mass is 35.5. The first-order valence-corrected chi connectivity index (χ1v) is 6.50. The van der Waals surface area contributed by atoms with Crippen LogP contribution in [0.1, 0.15) is 24.8 Å². The molecule has 1 spiro atoms. The molecule has 1 N–H and O–H groups in total. The zero-order valence-corrected chi connectivity index (χ0v) is 10.4. The second kappa shape index (κ2) is 4.48. The molecule has 0 amide bonds. The van der Waals surface area contributed by atoms with Crippen molar-refractivity contribution in [2.24, 2.45) is 0 Å². The maximum atomic E-state index is 6.09. The van der Waals surface area contributed by atoms with Gasteiger partial charge in [-0.2, -0.15) is 0 Å². The SMILES string of the molecule is Clc1ccc2c(c1)C1(CCCCN2)OCCO1. The van der Waals surface area contributed by atoms with E-state index < -0.39 is 5.79 Å². The molecule has 1 saturated heterocycles. The van der Waals surface area contributed by atoms with Crippen molar-refractivity contribution in [2.45, 2.75) is 25.0 Å². The van der Waals surface area contributed by atoms with E-state index in [1.54, 1.807) is 0 Å². The molecule has 0 bridgehead atoms. The Labute approximate surface area is 106 Å². The second-order valence-corrected chi connectivity index (χ2v) is 4.96. The lowest BCUT2D eigenvalue weighted by molar-refractivity contribution is -0.171. The zero-order chi connectivity index (χ0) is 11.7. The van der Waals surface area contributed by atoms with Crippen LogP contribution in [0.3, 0.4) is 0 Å². The van der Waals surface area contributed by atoms with E-state index in [2.05, 4.69) is 5.32 Å². The van der Waals surface area contributed by atoms with Crippen molar-refractivity contribution in [3.8, 4) is 0 Å². The van der Waals surface area contributed by atoms with E-state index in [4.69, 9.17) is 21.1 Å². The molecule has 2 aliphatic rings. The summed E-state index contributed by atoms with van der Waals surface area (Å²) >= 11 is 6.09. The minimum Gasteiger partial charge on any atom is -0.385 e. The van der Waals surface area contributed by atoms with Crippen molar-refractivity contribution >= 4 is 17.3 Å². The highest BCUT2D eigenvalue weighted by Crippen LogP contribution is 2.42. The van der Waals surface area contributed by atoms with Crippen molar-refractivity contribution < 1.29 is 9.47 Å². The van der Waals surface area contributed by atoms with Gasteiger partial charge in [0.05, 0.1) is 13.2 Å². The Morgan fingerprint density at radius 1 is 1.18 bits per heavy atom. The normalized spacial score (nSPS) is 22.6. The molecule has 3 nitrogen and oxygen atoms in total. The van der Waals surface area contributed by atoms with E-state index in [-0.39, 0.29) is 0 Å². The molecule has 0 atom stereocenters. The van der Waals surface area contributed by atoms with E-state index in [1.165, 1.54) is 0 Å². The quantitative estimate of drug-likeness (QED) is 0.771. The molecular weight excluding hydrogens is 238 g/mol. The first-order valence-electron chi connectivity index (χ1n) is 6.12. The molecule has 0 unspecified atom stereocenters. The Hall–Kier alpha value is -0.770. The maximum Gasteiger partial charge on any atom is 0.197 e. The van der Waals surface area contributed by atoms with Crippen molar-refractivity contribution in [1.29, 1.82) is 0 Å². The summed E-state index contributed by atoms with van der Waals surface area (Å²) < 4.78 is 11.8. The standard InChI is InChI=1S/C13H16ClNO2/c14-10-3-4-12-11(9-10)13(16-7-8-17-13)5-1-2-6-15-12/h3-4,9,15H,1-2,5-8H2. The van der Waals surface area contributed by atoms with Crippen molar-refractivity contribution in [2.75, 3.05) is 25.1 Å². The minimum absolute atomic E-state index is 0.576. The van der Waals surface area contributed by atoms with E-state index in [0.717, 1.165) is 42.1 Å². The van der Waals surface area contributed by atoms with Crippen LogP contribution in [0, 0.1) is 0 Å². The number of rotatable bonds is 0. The minimum atomic E-state index is -0.576. The lowest BCUT2D eigenvalue weighted by Gasteiger charge is -2.32. The Balaban J connectivity index is 2.08. The number of halogens is 1. The molecule has 0 aliphatic carbocycles. The van der Waals surface area contributed by atoms with Crippen molar-refractivity contribution in [1.82, 2.24) is 0 Å². The van der Waals surface area contributed by atoms with Gasteiger partial charge in [-0.25, -0.2) is 0 Å². The van der Waals surface area contributed by atoms with E-state index in [0.29, 0.717) is 13.2 Å². The first-order chi connectivity index (χ1) is 8.30. The van der Waals surface area contributed by atoms with Crippen LogP contribution in [-0.4, -0.2) is 19.8 Å². The number of ether oxygens (including phenoxy) is 2. The van der Waals surface area contributed by atoms with Crippen LogP contribution in [0.4, 0.5) is 5.69 Å². The van der Waals surface area contributed by atoms with Crippen LogP contribution in [0.5, 0.6) is 0 Å². The molecule has 0 aromatic heterocycles. The number of nitrogens with one attached hydrogen (secondary N) is 1. The molecule has 0 radical (unpaired) electrons. The van der Waals surface area contributed by atoms with Gasteiger partial charge < -0.3 is 14.8 Å².